The first-order chi connectivity index (χ1) is 11.2. The van der Waals surface area contributed by atoms with Crippen molar-refractivity contribution in [3.05, 3.63) is 65.7 Å². The number of nitrogens with one attached hydrogen (secondary N) is 1. The van der Waals surface area contributed by atoms with Gasteiger partial charge in [-0.3, -0.25) is 4.79 Å². The van der Waals surface area contributed by atoms with Crippen LogP contribution < -0.4 is 5.32 Å². The highest BCUT2D eigenvalue weighted by molar-refractivity contribution is 5.78. The van der Waals surface area contributed by atoms with E-state index in [1.165, 1.54) is 0 Å². The van der Waals surface area contributed by atoms with Gasteiger partial charge in [-0.05, 0) is 23.3 Å². The summed E-state index contributed by atoms with van der Waals surface area (Å²) in [5, 5.41) is 13.1. The number of carbonyl (C=O) groups excluding carboxylic acids is 1. The highest BCUT2D eigenvalue weighted by atomic mass is 16.3. The number of rotatable bonds is 4. The highest BCUT2D eigenvalue weighted by Gasteiger charge is 2.23. The summed E-state index contributed by atoms with van der Waals surface area (Å²) in [5.74, 6) is 0.368. The minimum atomic E-state index is -0.0364. The lowest BCUT2D eigenvalue weighted by Gasteiger charge is -2.29. The summed E-state index contributed by atoms with van der Waals surface area (Å²) >= 11 is 0. The smallest absolute Gasteiger partial charge is 0.223 e. The van der Waals surface area contributed by atoms with Gasteiger partial charge >= 0.3 is 0 Å². The van der Waals surface area contributed by atoms with Crippen LogP contribution in [-0.4, -0.2) is 42.1 Å². The number of aromatic hydroxyl groups is 1. The van der Waals surface area contributed by atoms with Gasteiger partial charge in [-0.1, -0.05) is 42.5 Å². The van der Waals surface area contributed by atoms with E-state index in [4.69, 9.17) is 0 Å². The Balaban J connectivity index is 1.85. The molecular weight excluding hydrogens is 288 g/mol. The number of piperazine rings is 1. The molecule has 23 heavy (non-hydrogen) atoms. The van der Waals surface area contributed by atoms with Crippen LogP contribution in [0, 0.1) is 0 Å². The zero-order valence-electron chi connectivity index (χ0n) is 13.1. The van der Waals surface area contributed by atoms with Crippen molar-refractivity contribution in [2.24, 2.45) is 0 Å². The van der Waals surface area contributed by atoms with E-state index in [1.807, 2.05) is 47.4 Å². The van der Waals surface area contributed by atoms with E-state index >= 15 is 0 Å². The fourth-order valence-corrected chi connectivity index (χ4v) is 3.07. The van der Waals surface area contributed by atoms with Crippen molar-refractivity contribution in [2.75, 3.05) is 26.2 Å². The molecule has 0 aromatic heterocycles. The quantitative estimate of drug-likeness (QED) is 0.911. The molecule has 120 valence electrons. The Morgan fingerprint density at radius 2 is 1.74 bits per heavy atom. The minimum absolute atomic E-state index is 0.0364. The normalized spacial score (nSPS) is 16.1. The number of amides is 1. The lowest BCUT2D eigenvalue weighted by atomic mass is 9.88. The highest BCUT2D eigenvalue weighted by Crippen LogP contribution is 2.30. The first-order valence-electron chi connectivity index (χ1n) is 8.06. The van der Waals surface area contributed by atoms with Crippen LogP contribution in [0.4, 0.5) is 0 Å². The second-order valence-electron chi connectivity index (χ2n) is 5.89. The number of phenolic OH excluding ortho intramolecular Hbond substituents is 1. The maximum Gasteiger partial charge on any atom is 0.223 e. The molecule has 0 unspecified atom stereocenters. The summed E-state index contributed by atoms with van der Waals surface area (Å²) in [6, 6.07) is 17.2. The van der Waals surface area contributed by atoms with Gasteiger partial charge in [0.1, 0.15) is 5.75 Å². The molecule has 0 spiro atoms. The molecule has 3 rings (SSSR count). The summed E-state index contributed by atoms with van der Waals surface area (Å²) < 4.78 is 0. The number of benzene rings is 2. The predicted octanol–water partition coefficient (Wildman–Crippen LogP) is 2.35. The van der Waals surface area contributed by atoms with E-state index in [9.17, 15) is 9.90 Å². The standard InChI is InChI=1S/C19H22N2O2/c22-17-8-4-7-16(13-17)18(15-5-2-1-3-6-15)14-19(23)21-11-9-20-10-12-21/h1-8,13,18,20,22H,9-12,14H2/t18-/m1/s1. The summed E-state index contributed by atoms with van der Waals surface area (Å²) in [7, 11) is 0. The zero-order chi connectivity index (χ0) is 16.1. The van der Waals surface area contributed by atoms with Crippen molar-refractivity contribution in [3.8, 4) is 5.75 Å². The van der Waals surface area contributed by atoms with Crippen molar-refractivity contribution < 1.29 is 9.90 Å². The third kappa shape index (κ3) is 3.90. The summed E-state index contributed by atoms with van der Waals surface area (Å²) in [5.41, 5.74) is 2.07. The molecule has 1 aliphatic heterocycles. The lowest BCUT2D eigenvalue weighted by Crippen LogP contribution is -2.46. The molecule has 1 amide bonds. The molecular formula is C19H22N2O2. The molecule has 1 saturated heterocycles. The first kappa shape index (κ1) is 15.6. The number of hydrogen-bond donors (Lipinski definition) is 2. The molecule has 2 aromatic rings. The van der Waals surface area contributed by atoms with Crippen LogP contribution in [0.25, 0.3) is 0 Å². The third-order valence-corrected chi connectivity index (χ3v) is 4.32. The Hall–Kier alpha value is -2.33. The SMILES string of the molecule is O=C(C[C@H](c1ccccc1)c1cccc(O)c1)N1CCNCC1. The van der Waals surface area contributed by atoms with Crippen LogP contribution in [0.3, 0.4) is 0 Å². The number of carbonyl (C=O) groups is 1. The fourth-order valence-electron chi connectivity index (χ4n) is 3.07. The molecule has 1 atom stereocenters. The van der Waals surface area contributed by atoms with Gasteiger partial charge in [0.15, 0.2) is 0 Å². The Bertz CT molecular complexity index is 651. The second kappa shape index (κ2) is 7.29. The largest absolute Gasteiger partial charge is 0.508 e. The van der Waals surface area contributed by atoms with Gasteiger partial charge in [-0.15, -0.1) is 0 Å². The number of phenols is 1. The van der Waals surface area contributed by atoms with Crippen LogP contribution >= 0.6 is 0 Å². The Morgan fingerprint density at radius 1 is 1.04 bits per heavy atom. The van der Waals surface area contributed by atoms with Crippen molar-refractivity contribution in [1.82, 2.24) is 10.2 Å². The zero-order valence-corrected chi connectivity index (χ0v) is 13.1. The van der Waals surface area contributed by atoms with Gasteiger partial charge in [-0.25, -0.2) is 0 Å². The summed E-state index contributed by atoms with van der Waals surface area (Å²) in [6.45, 7) is 3.24. The summed E-state index contributed by atoms with van der Waals surface area (Å²) in [4.78, 5) is 14.6. The average molecular weight is 310 g/mol. The van der Waals surface area contributed by atoms with Gasteiger partial charge in [0.25, 0.3) is 0 Å². The molecule has 1 aliphatic rings. The van der Waals surface area contributed by atoms with Crippen molar-refractivity contribution in [2.45, 2.75) is 12.3 Å². The van der Waals surface area contributed by atoms with Gasteiger partial charge < -0.3 is 15.3 Å². The van der Waals surface area contributed by atoms with Gasteiger partial charge in [0.2, 0.25) is 5.91 Å². The monoisotopic (exact) mass is 310 g/mol. The fraction of sp³-hybridized carbons (Fsp3) is 0.316. The predicted molar refractivity (Wildman–Crippen MR) is 90.5 cm³/mol. The van der Waals surface area contributed by atoms with Crippen LogP contribution in [-0.2, 0) is 4.79 Å². The van der Waals surface area contributed by atoms with Crippen LogP contribution in [0.1, 0.15) is 23.5 Å². The molecule has 0 radical (unpaired) electrons. The van der Waals surface area contributed by atoms with Gasteiger partial charge in [0, 0.05) is 38.5 Å². The van der Waals surface area contributed by atoms with E-state index in [2.05, 4.69) is 5.32 Å². The first-order valence-corrected chi connectivity index (χ1v) is 8.06. The molecule has 0 saturated carbocycles. The molecule has 1 heterocycles. The van der Waals surface area contributed by atoms with Crippen LogP contribution in [0.15, 0.2) is 54.6 Å². The minimum Gasteiger partial charge on any atom is -0.508 e. The Kier molecular flexibility index (Phi) is 4.93. The topological polar surface area (TPSA) is 52.6 Å². The van der Waals surface area contributed by atoms with E-state index in [0.717, 1.165) is 37.3 Å². The van der Waals surface area contributed by atoms with E-state index in [-0.39, 0.29) is 17.6 Å². The van der Waals surface area contributed by atoms with Crippen molar-refractivity contribution >= 4 is 5.91 Å². The molecule has 0 bridgehead atoms. The summed E-state index contributed by atoms with van der Waals surface area (Å²) in [6.07, 6.45) is 0.424. The maximum absolute atomic E-state index is 12.7. The van der Waals surface area contributed by atoms with Crippen molar-refractivity contribution in [1.29, 1.82) is 0 Å². The number of hydrogen-bond acceptors (Lipinski definition) is 3. The lowest BCUT2D eigenvalue weighted by molar-refractivity contribution is -0.132. The molecule has 0 aliphatic carbocycles. The van der Waals surface area contributed by atoms with E-state index in [1.54, 1.807) is 12.1 Å². The van der Waals surface area contributed by atoms with E-state index in [0.29, 0.717) is 6.42 Å². The third-order valence-electron chi connectivity index (χ3n) is 4.32. The van der Waals surface area contributed by atoms with Crippen LogP contribution in [0.2, 0.25) is 0 Å². The van der Waals surface area contributed by atoms with Gasteiger partial charge in [0.05, 0.1) is 0 Å². The second-order valence-corrected chi connectivity index (χ2v) is 5.89. The van der Waals surface area contributed by atoms with Crippen LogP contribution in [0.5, 0.6) is 5.75 Å². The Morgan fingerprint density at radius 3 is 2.43 bits per heavy atom. The molecule has 1 fully saturated rings. The maximum atomic E-state index is 12.7. The molecule has 4 nitrogen and oxygen atoms in total. The Labute approximate surface area is 136 Å². The molecule has 4 heteroatoms. The van der Waals surface area contributed by atoms with Crippen molar-refractivity contribution in [3.63, 3.8) is 0 Å². The number of nitrogens with zero attached hydrogens (tertiary/aromatic N) is 1. The van der Waals surface area contributed by atoms with E-state index < -0.39 is 0 Å². The molecule has 2 N–H and O–H groups in total. The van der Waals surface area contributed by atoms with Gasteiger partial charge in [-0.2, -0.15) is 0 Å². The average Bonchev–Trinajstić information content (AvgIpc) is 2.61. The molecule has 2 aromatic carbocycles.